The van der Waals surface area contributed by atoms with Crippen LogP contribution in [0.2, 0.25) is 0 Å². The Labute approximate surface area is 125 Å². The van der Waals surface area contributed by atoms with E-state index >= 15 is 0 Å². The molecule has 0 bridgehead atoms. The van der Waals surface area contributed by atoms with E-state index in [1.807, 2.05) is 43.8 Å². The molecule has 1 N–H and O–H groups in total. The van der Waals surface area contributed by atoms with Gasteiger partial charge < -0.3 is 9.88 Å². The SMILES string of the molecule is CCn1cc(Br)cc1C(=O)NC(C)c1ncc(C)s1. The molecule has 1 amide bonds. The largest absolute Gasteiger partial charge is 0.343 e. The van der Waals surface area contributed by atoms with Crippen LogP contribution in [0.15, 0.2) is 22.9 Å². The smallest absolute Gasteiger partial charge is 0.268 e. The lowest BCUT2D eigenvalue weighted by Crippen LogP contribution is -2.28. The summed E-state index contributed by atoms with van der Waals surface area (Å²) >= 11 is 5.00. The van der Waals surface area contributed by atoms with E-state index in [9.17, 15) is 4.79 Å². The number of nitrogens with zero attached hydrogens (tertiary/aromatic N) is 2. The minimum atomic E-state index is -0.0785. The minimum absolute atomic E-state index is 0.0760. The molecule has 6 heteroatoms. The van der Waals surface area contributed by atoms with Gasteiger partial charge in [0.2, 0.25) is 0 Å². The number of carbonyl (C=O) groups excluding carboxylic acids is 1. The Bertz CT molecular complexity index is 590. The van der Waals surface area contributed by atoms with Crippen molar-refractivity contribution in [2.24, 2.45) is 0 Å². The standard InChI is InChI=1S/C13H16BrN3OS/c1-4-17-7-10(14)5-11(17)12(18)16-9(3)13-15-6-8(2)19-13/h5-7,9H,4H2,1-3H3,(H,16,18). The first-order valence-electron chi connectivity index (χ1n) is 6.10. The highest BCUT2D eigenvalue weighted by Crippen LogP contribution is 2.20. The molecule has 19 heavy (non-hydrogen) atoms. The Morgan fingerprint density at radius 3 is 2.95 bits per heavy atom. The maximum absolute atomic E-state index is 12.3. The average molecular weight is 342 g/mol. The molecule has 0 fully saturated rings. The lowest BCUT2D eigenvalue weighted by Gasteiger charge is -2.12. The Hall–Kier alpha value is -1.14. The van der Waals surface area contributed by atoms with Crippen LogP contribution in [0.5, 0.6) is 0 Å². The second-order valence-electron chi connectivity index (χ2n) is 4.33. The van der Waals surface area contributed by atoms with Crippen molar-refractivity contribution < 1.29 is 4.79 Å². The van der Waals surface area contributed by atoms with Gasteiger partial charge in [0.25, 0.3) is 5.91 Å². The van der Waals surface area contributed by atoms with Crippen LogP contribution < -0.4 is 5.32 Å². The fourth-order valence-electron chi connectivity index (χ4n) is 1.83. The number of hydrogen-bond acceptors (Lipinski definition) is 3. The van der Waals surface area contributed by atoms with E-state index in [1.54, 1.807) is 11.3 Å². The molecule has 102 valence electrons. The second kappa shape index (κ2) is 5.88. The number of amides is 1. The van der Waals surface area contributed by atoms with E-state index in [-0.39, 0.29) is 11.9 Å². The number of thiazole rings is 1. The number of hydrogen-bond donors (Lipinski definition) is 1. The molecule has 2 rings (SSSR count). The zero-order valence-electron chi connectivity index (χ0n) is 11.1. The summed E-state index contributed by atoms with van der Waals surface area (Å²) in [6.45, 7) is 6.73. The van der Waals surface area contributed by atoms with Crippen LogP contribution >= 0.6 is 27.3 Å². The summed E-state index contributed by atoms with van der Waals surface area (Å²) in [5.41, 5.74) is 0.662. The number of rotatable bonds is 4. The molecular weight excluding hydrogens is 326 g/mol. The molecule has 2 aromatic rings. The van der Waals surface area contributed by atoms with Crippen LogP contribution in [-0.2, 0) is 6.54 Å². The number of halogens is 1. The van der Waals surface area contributed by atoms with Gasteiger partial charge in [-0.25, -0.2) is 4.98 Å². The summed E-state index contributed by atoms with van der Waals surface area (Å²) in [6, 6.07) is 1.75. The third-order valence-electron chi connectivity index (χ3n) is 2.79. The molecule has 2 heterocycles. The fraction of sp³-hybridized carbons (Fsp3) is 0.385. The van der Waals surface area contributed by atoms with E-state index in [4.69, 9.17) is 0 Å². The van der Waals surface area contributed by atoms with Gasteiger partial charge >= 0.3 is 0 Å². The fourth-order valence-corrected chi connectivity index (χ4v) is 3.07. The van der Waals surface area contributed by atoms with Crippen molar-refractivity contribution in [3.05, 3.63) is 38.5 Å². The highest BCUT2D eigenvalue weighted by Gasteiger charge is 2.17. The predicted molar refractivity (Wildman–Crippen MR) is 80.5 cm³/mol. The van der Waals surface area contributed by atoms with Gasteiger partial charge in [0, 0.05) is 28.3 Å². The molecule has 0 saturated heterocycles. The van der Waals surface area contributed by atoms with Gasteiger partial charge in [0.15, 0.2) is 0 Å². The van der Waals surface area contributed by atoms with Crippen molar-refractivity contribution in [3.8, 4) is 0 Å². The lowest BCUT2D eigenvalue weighted by molar-refractivity contribution is 0.0930. The average Bonchev–Trinajstić information content (AvgIpc) is 2.95. The molecule has 0 aromatic carbocycles. The van der Waals surface area contributed by atoms with E-state index in [0.29, 0.717) is 5.69 Å². The third kappa shape index (κ3) is 3.25. The summed E-state index contributed by atoms with van der Waals surface area (Å²) in [5, 5.41) is 3.91. The van der Waals surface area contributed by atoms with Gasteiger partial charge in [-0.3, -0.25) is 4.79 Å². The lowest BCUT2D eigenvalue weighted by atomic mass is 10.3. The molecule has 0 spiro atoms. The number of carbonyl (C=O) groups is 1. The molecule has 1 atom stereocenters. The van der Waals surface area contributed by atoms with Gasteiger partial charge in [0.1, 0.15) is 10.7 Å². The number of aryl methyl sites for hydroxylation is 2. The van der Waals surface area contributed by atoms with Crippen LogP contribution in [0.3, 0.4) is 0 Å². The van der Waals surface area contributed by atoms with Crippen LogP contribution in [0.25, 0.3) is 0 Å². The third-order valence-corrected chi connectivity index (χ3v) is 4.32. The summed E-state index contributed by atoms with van der Waals surface area (Å²) < 4.78 is 2.83. The topological polar surface area (TPSA) is 46.9 Å². The number of aromatic nitrogens is 2. The second-order valence-corrected chi connectivity index (χ2v) is 6.52. The number of nitrogens with one attached hydrogen (secondary N) is 1. The highest BCUT2D eigenvalue weighted by atomic mass is 79.9. The van der Waals surface area contributed by atoms with Crippen LogP contribution in [0.1, 0.15) is 40.3 Å². The van der Waals surface area contributed by atoms with Crippen molar-refractivity contribution >= 4 is 33.2 Å². The summed E-state index contributed by atoms with van der Waals surface area (Å²) in [6.07, 6.45) is 3.74. The Morgan fingerprint density at radius 1 is 1.63 bits per heavy atom. The zero-order valence-corrected chi connectivity index (χ0v) is 13.5. The summed E-state index contributed by atoms with van der Waals surface area (Å²) in [7, 11) is 0. The normalized spacial score (nSPS) is 12.4. The predicted octanol–water partition coefficient (Wildman–Crippen LogP) is 3.53. The van der Waals surface area contributed by atoms with Crippen LogP contribution in [0, 0.1) is 6.92 Å². The van der Waals surface area contributed by atoms with Gasteiger partial charge in [-0.05, 0) is 42.8 Å². The molecule has 0 aliphatic rings. The maximum Gasteiger partial charge on any atom is 0.268 e. The van der Waals surface area contributed by atoms with Crippen molar-refractivity contribution in [3.63, 3.8) is 0 Å². The Balaban J connectivity index is 2.12. The molecule has 0 saturated carbocycles. The van der Waals surface area contributed by atoms with Gasteiger partial charge in [-0.2, -0.15) is 0 Å². The maximum atomic E-state index is 12.3. The minimum Gasteiger partial charge on any atom is -0.343 e. The van der Waals surface area contributed by atoms with Crippen molar-refractivity contribution in [1.29, 1.82) is 0 Å². The summed E-state index contributed by atoms with van der Waals surface area (Å²) in [5.74, 6) is -0.0760. The van der Waals surface area contributed by atoms with E-state index < -0.39 is 0 Å². The Kier molecular flexibility index (Phi) is 4.42. The first-order valence-corrected chi connectivity index (χ1v) is 7.71. The van der Waals surface area contributed by atoms with Crippen molar-refractivity contribution in [2.45, 2.75) is 33.4 Å². The molecule has 1 unspecified atom stereocenters. The Morgan fingerprint density at radius 2 is 2.37 bits per heavy atom. The molecule has 2 aromatic heterocycles. The molecule has 0 aliphatic carbocycles. The van der Waals surface area contributed by atoms with Crippen LogP contribution in [0.4, 0.5) is 0 Å². The van der Waals surface area contributed by atoms with E-state index in [0.717, 1.165) is 20.9 Å². The first-order chi connectivity index (χ1) is 9.01. The quantitative estimate of drug-likeness (QED) is 0.924. The highest BCUT2D eigenvalue weighted by molar-refractivity contribution is 9.10. The zero-order chi connectivity index (χ0) is 14.0. The van der Waals surface area contributed by atoms with Gasteiger partial charge in [-0.1, -0.05) is 0 Å². The molecule has 0 aliphatic heterocycles. The molecular formula is C13H16BrN3OS. The molecule has 4 nitrogen and oxygen atoms in total. The van der Waals surface area contributed by atoms with Gasteiger partial charge in [0.05, 0.1) is 6.04 Å². The summed E-state index contributed by atoms with van der Waals surface area (Å²) in [4.78, 5) is 17.7. The monoisotopic (exact) mass is 341 g/mol. The van der Waals surface area contributed by atoms with Crippen LogP contribution in [-0.4, -0.2) is 15.5 Å². The van der Waals surface area contributed by atoms with E-state index in [2.05, 4.69) is 26.2 Å². The first kappa shape index (κ1) is 14.3. The van der Waals surface area contributed by atoms with Crippen molar-refractivity contribution in [1.82, 2.24) is 14.9 Å². The van der Waals surface area contributed by atoms with E-state index in [1.165, 1.54) is 0 Å². The van der Waals surface area contributed by atoms with Gasteiger partial charge in [-0.15, -0.1) is 11.3 Å². The molecule has 0 radical (unpaired) electrons. The van der Waals surface area contributed by atoms with Crippen molar-refractivity contribution in [2.75, 3.05) is 0 Å².